The Balaban J connectivity index is 1.83. The maximum atomic E-state index is 12.3. The molecule has 3 atom stereocenters. The molecule has 2 rings (SSSR count). The second-order valence-corrected chi connectivity index (χ2v) is 6.35. The molecule has 4 heteroatoms. The molecular weight excluding hydrogens is 228 g/mol. The van der Waals surface area contributed by atoms with E-state index in [4.69, 9.17) is 4.74 Å². The first-order valence-corrected chi connectivity index (χ1v) is 7.13. The Hall–Kier alpha value is -0.610. The summed E-state index contributed by atoms with van der Waals surface area (Å²) in [5.74, 6) is 0.624. The van der Waals surface area contributed by atoms with Gasteiger partial charge < -0.3 is 15.4 Å². The predicted octanol–water partition coefficient (Wildman–Crippen LogP) is 1.31. The van der Waals surface area contributed by atoms with Crippen LogP contribution in [0.1, 0.15) is 40.0 Å². The van der Waals surface area contributed by atoms with E-state index in [1.807, 2.05) is 0 Å². The molecule has 0 aromatic rings. The van der Waals surface area contributed by atoms with Gasteiger partial charge in [0.2, 0.25) is 5.91 Å². The highest BCUT2D eigenvalue weighted by Gasteiger charge is 2.37. The van der Waals surface area contributed by atoms with Crippen molar-refractivity contribution in [1.29, 1.82) is 0 Å². The molecule has 0 spiro atoms. The van der Waals surface area contributed by atoms with Crippen molar-refractivity contribution in [3.05, 3.63) is 0 Å². The number of carbonyl (C=O) groups excluding carboxylic acids is 1. The van der Waals surface area contributed by atoms with Crippen molar-refractivity contribution >= 4 is 5.91 Å². The summed E-state index contributed by atoms with van der Waals surface area (Å²) < 4.78 is 5.52. The lowest BCUT2D eigenvalue weighted by Crippen LogP contribution is -2.56. The number of ether oxygens (including phenoxy) is 1. The lowest BCUT2D eigenvalue weighted by molar-refractivity contribution is -0.127. The van der Waals surface area contributed by atoms with E-state index in [0.29, 0.717) is 5.92 Å². The Kier molecular flexibility index (Phi) is 4.28. The van der Waals surface area contributed by atoms with E-state index in [-0.39, 0.29) is 23.5 Å². The summed E-state index contributed by atoms with van der Waals surface area (Å²) in [6.07, 6.45) is 3.60. The molecule has 1 amide bonds. The number of amides is 1. The quantitative estimate of drug-likeness (QED) is 0.798. The highest BCUT2D eigenvalue weighted by atomic mass is 16.5. The molecule has 2 fully saturated rings. The molecule has 0 aromatic carbocycles. The smallest absolute Gasteiger partial charge is 0.237 e. The summed E-state index contributed by atoms with van der Waals surface area (Å²) in [6.45, 7) is 8.95. The fourth-order valence-electron chi connectivity index (χ4n) is 3.04. The van der Waals surface area contributed by atoms with E-state index in [1.54, 1.807) is 0 Å². The Bertz CT molecular complexity index is 304. The van der Waals surface area contributed by atoms with Gasteiger partial charge in [-0.05, 0) is 38.1 Å². The van der Waals surface area contributed by atoms with Crippen molar-refractivity contribution in [2.24, 2.45) is 11.3 Å². The van der Waals surface area contributed by atoms with Crippen LogP contribution in [0.2, 0.25) is 0 Å². The van der Waals surface area contributed by atoms with Gasteiger partial charge in [-0.1, -0.05) is 13.8 Å². The summed E-state index contributed by atoms with van der Waals surface area (Å²) in [5, 5.41) is 6.45. The molecular formula is C14H26N2O2. The average molecular weight is 254 g/mol. The third-order valence-corrected chi connectivity index (χ3v) is 4.46. The molecule has 2 saturated heterocycles. The van der Waals surface area contributed by atoms with Gasteiger partial charge in [0.25, 0.3) is 0 Å². The SMILES string of the molecule is CC1OCCC1CNC(=O)C1NCCCC1(C)C. The van der Waals surface area contributed by atoms with Crippen molar-refractivity contribution in [1.82, 2.24) is 10.6 Å². The molecule has 104 valence electrons. The summed E-state index contributed by atoms with van der Waals surface area (Å²) in [4.78, 5) is 12.3. The van der Waals surface area contributed by atoms with Crippen molar-refractivity contribution in [3.8, 4) is 0 Å². The van der Waals surface area contributed by atoms with Crippen molar-refractivity contribution < 1.29 is 9.53 Å². The van der Waals surface area contributed by atoms with Gasteiger partial charge in [0.15, 0.2) is 0 Å². The summed E-state index contributed by atoms with van der Waals surface area (Å²) >= 11 is 0. The zero-order valence-electron chi connectivity index (χ0n) is 11.8. The van der Waals surface area contributed by atoms with Crippen molar-refractivity contribution in [2.75, 3.05) is 19.7 Å². The first-order valence-electron chi connectivity index (χ1n) is 7.13. The van der Waals surface area contributed by atoms with Gasteiger partial charge >= 0.3 is 0 Å². The van der Waals surface area contributed by atoms with Crippen LogP contribution in [-0.4, -0.2) is 37.7 Å². The molecule has 4 nitrogen and oxygen atoms in total. The Morgan fingerprint density at radius 1 is 1.50 bits per heavy atom. The zero-order chi connectivity index (χ0) is 13.2. The Labute approximate surface area is 110 Å². The number of rotatable bonds is 3. The van der Waals surface area contributed by atoms with Crippen molar-refractivity contribution in [3.63, 3.8) is 0 Å². The number of carbonyl (C=O) groups is 1. The van der Waals surface area contributed by atoms with Crippen molar-refractivity contribution in [2.45, 2.75) is 52.2 Å². The van der Waals surface area contributed by atoms with E-state index >= 15 is 0 Å². The first-order chi connectivity index (χ1) is 8.50. The Morgan fingerprint density at radius 2 is 2.28 bits per heavy atom. The topological polar surface area (TPSA) is 50.4 Å². The maximum absolute atomic E-state index is 12.3. The minimum atomic E-state index is -0.0520. The molecule has 2 aliphatic rings. The first kappa shape index (κ1) is 13.8. The zero-order valence-corrected chi connectivity index (χ0v) is 11.8. The summed E-state index contributed by atoms with van der Waals surface area (Å²) in [6, 6.07) is -0.0520. The van der Waals surface area contributed by atoms with E-state index in [0.717, 1.165) is 39.0 Å². The summed E-state index contributed by atoms with van der Waals surface area (Å²) in [7, 11) is 0. The molecule has 2 N–H and O–H groups in total. The van der Waals surface area contributed by atoms with Gasteiger partial charge in [0.05, 0.1) is 12.1 Å². The molecule has 2 heterocycles. The molecule has 0 radical (unpaired) electrons. The normalized spacial score (nSPS) is 35.4. The number of nitrogens with one attached hydrogen (secondary N) is 2. The van der Waals surface area contributed by atoms with Crippen LogP contribution in [0.3, 0.4) is 0 Å². The highest BCUT2D eigenvalue weighted by molar-refractivity contribution is 5.82. The van der Waals surface area contributed by atoms with Gasteiger partial charge in [-0.25, -0.2) is 0 Å². The van der Waals surface area contributed by atoms with Crippen LogP contribution < -0.4 is 10.6 Å². The lowest BCUT2D eigenvalue weighted by Gasteiger charge is -2.38. The van der Waals surface area contributed by atoms with Gasteiger partial charge in [0.1, 0.15) is 0 Å². The van der Waals surface area contributed by atoms with Gasteiger partial charge in [-0.2, -0.15) is 0 Å². The number of hydrogen-bond acceptors (Lipinski definition) is 3. The molecule has 3 unspecified atom stereocenters. The van der Waals surface area contributed by atoms with Crippen LogP contribution in [0.15, 0.2) is 0 Å². The third-order valence-electron chi connectivity index (χ3n) is 4.46. The molecule has 18 heavy (non-hydrogen) atoms. The molecule has 0 saturated carbocycles. The average Bonchev–Trinajstić information content (AvgIpc) is 2.71. The van der Waals surface area contributed by atoms with Gasteiger partial charge in [-0.3, -0.25) is 4.79 Å². The standard InChI is InChI=1S/C14H26N2O2/c1-10-11(5-8-18-10)9-16-13(17)12-14(2,3)6-4-7-15-12/h10-12,15H,4-9H2,1-3H3,(H,16,17). The minimum absolute atomic E-state index is 0.0520. The van der Waals surface area contributed by atoms with E-state index in [9.17, 15) is 4.79 Å². The maximum Gasteiger partial charge on any atom is 0.237 e. The van der Waals surface area contributed by atoms with Crippen LogP contribution in [0.25, 0.3) is 0 Å². The Morgan fingerprint density at radius 3 is 2.89 bits per heavy atom. The van der Waals surface area contributed by atoms with Crippen LogP contribution in [0.4, 0.5) is 0 Å². The summed E-state index contributed by atoms with van der Waals surface area (Å²) in [5.41, 5.74) is 0.0557. The number of piperidine rings is 1. The van der Waals surface area contributed by atoms with E-state index < -0.39 is 0 Å². The fourth-order valence-corrected chi connectivity index (χ4v) is 3.04. The highest BCUT2D eigenvalue weighted by Crippen LogP contribution is 2.30. The second-order valence-electron chi connectivity index (χ2n) is 6.35. The fraction of sp³-hybridized carbons (Fsp3) is 0.929. The largest absolute Gasteiger partial charge is 0.378 e. The molecule has 0 aromatic heterocycles. The lowest BCUT2D eigenvalue weighted by atomic mass is 9.77. The van der Waals surface area contributed by atoms with Crippen LogP contribution in [-0.2, 0) is 9.53 Å². The number of hydrogen-bond donors (Lipinski definition) is 2. The van der Waals surface area contributed by atoms with E-state index in [2.05, 4.69) is 31.4 Å². The monoisotopic (exact) mass is 254 g/mol. The van der Waals surface area contributed by atoms with Gasteiger partial charge in [-0.15, -0.1) is 0 Å². The minimum Gasteiger partial charge on any atom is -0.378 e. The molecule has 0 bridgehead atoms. The van der Waals surface area contributed by atoms with E-state index in [1.165, 1.54) is 0 Å². The molecule has 0 aliphatic carbocycles. The second kappa shape index (κ2) is 5.57. The van der Waals surface area contributed by atoms with Crippen LogP contribution in [0.5, 0.6) is 0 Å². The third kappa shape index (κ3) is 3.04. The van der Waals surface area contributed by atoms with Crippen LogP contribution in [0, 0.1) is 11.3 Å². The van der Waals surface area contributed by atoms with Gasteiger partial charge in [0, 0.05) is 19.1 Å². The molecule has 2 aliphatic heterocycles. The predicted molar refractivity (Wildman–Crippen MR) is 71.3 cm³/mol. The van der Waals surface area contributed by atoms with Crippen LogP contribution >= 0.6 is 0 Å².